The standard InChI is InChI=1S/C22H41N5O4.HI/c1-4-30-22(29)27-14-11-18(12-15-27)25-21(24-17-20(28)26(2)3)23-13-16-31-19-9-7-5-6-8-10-19;/h18-19H,4-17H2,1-3H3,(H2,23,24,25);1H. The number of aliphatic imine (C=N–C) groups is 1. The Balaban J connectivity index is 0.00000512. The van der Waals surface area contributed by atoms with Crippen LogP contribution in [0.5, 0.6) is 0 Å². The van der Waals surface area contributed by atoms with E-state index >= 15 is 0 Å². The van der Waals surface area contributed by atoms with Crippen LogP contribution in [0.4, 0.5) is 4.79 Å². The SMILES string of the molecule is CCOC(=O)N1CCC(NC(=NCC(=O)N(C)C)NCCOC2CCCCCC2)CC1.I. The van der Waals surface area contributed by atoms with Crippen molar-refractivity contribution in [3.05, 3.63) is 0 Å². The van der Waals surface area contributed by atoms with Crippen LogP contribution in [0.1, 0.15) is 58.3 Å². The van der Waals surface area contributed by atoms with Crippen molar-refractivity contribution in [2.45, 2.75) is 70.4 Å². The molecule has 2 fully saturated rings. The lowest BCUT2D eigenvalue weighted by molar-refractivity contribution is -0.127. The Morgan fingerprint density at radius 1 is 1.06 bits per heavy atom. The van der Waals surface area contributed by atoms with Crippen molar-refractivity contribution in [2.24, 2.45) is 4.99 Å². The first-order valence-corrected chi connectivity index (χ1v) is 11.8. The molecule has 0 aromatic rings. The van der Waals surface area contributed by atoms with Gasteiger partial charge in [0, 0.05) is 39.8 Å². The summed E-state index contributed by atoms with van der Waals surface area (Å²) >= 11 is 0. The molecular weight excluding hydrogens is 525 g/mol. The third-order valence-corrected chi connectivity index (χ3v) is 5.78. The maximum atomic E-state index is 12.0. The smallest absolute Gasteiger partial charge is 0.409 e. The van der Waals surface area contributed by atoms with Gasteiger partial charge in [-0.3, -0.25) is 4.79 Å². The number of guanidine groups is 1. The van der Waals surface area contributed by atoms with Gasteiger partial charge in [-0.15, -0.1) is 24.0 Å². The molecule has 1 saturated carbocycles. The van der Waals surface area contributed by atoms with Crippen LogP contribution in [0.25, 0.3) is 0 Å². The van der Waals surface area contributed by atoms with Crippen LogP contribution >= 0.6 is 24.0 Å². The summed E-state index contributed by atoms with van der Waals surface area (Å²) in [5.41, 5.74) is 0. The predicted octanol–water partition coefficient (Wildman–Crippen LogP) is 2.59. The van der Waals surface area contributed by atoms with Gasteiger partial charge in [0.05, 0.1) is 19.3 Å². The molecule has 186 valence electrons. The molecule has 1 aliphatic heterocycles. The Labute approximate surface area is 210 Å². The van der Waals surface area contributed by atoms with Crippen LogP contribution < -0.4 is 10.6 Å². The first-order valence-electron chi connectivity index (χ1n) is 11.8. The van der Waals surface area contributed by atoms with Crippen molar-refractivity contribution in [3.8, 4) is 0 Å². The monoisotopic (exact) mass is 567 g/mol. The van der Waals surface area contributed by atoms with Gasteiger partial charge in [-0.2, -0.15) is 0 Å². The number of hydrogen-bond donors (Lipinski definition) is 2. The molecule has 0 radical (unpaired) electrons. The van der Waals surface area contributed by atoms with E-state index in [0.29, 0.717) is 44.9 Å². The third kappa shape index (κ3) is 11.0. The third-order valence-electron chi connectivity index (χ3n) is 5.78. The van der Waals surface area contributed by atoms with Gasteiger partial charge in [0.1, 0.15) is 6.54 Å². The second-order valence-electron chi connectivity index (χ2n) is 8.47. The zero-order chi connectivity index (χ0) is 22.5. The summed E-state index contributed by atoms with van der Waals surface area (Å²) in [5.74, 6) is 0.571. The summed E-state index contributed by atoms with van der Waals surface area (Å²) < 4.78 is 11.1. The van der Waals surface area contributed by atoms with Crippen molar-refractivity contribution >= 4 is 41.9 Å². The van der Waals surface area contributed by atoms with Gasteiger partial charge in [0.15, 0.2) is 5.96 Å². The molecular formula is C22H42IN5O4. The molecule has 1 saturated heterocycles. The summed E-state index contributed by atoms with van der Waals surface area (Å²) in [6, 6.07) is 0.189. The van der Waals surface area contributed by atoms with Gasteiger partial charge < -0.3 is 29.9 Å². The van der Waals surface area contributed by atoms with Gasteiger partial charge in [-0.25, -0.2) is 9.79 Å². The van der Waals surface area contributed by atoms with Gasteiger partial charge in [0.2, 0.25) is 5.91 Å². The minimum atomic E-state index is -0.250. The molecule has 10 heteroatoms. The Morgan fingerprint density at radius 2 is 1.72 bits per heavy atom. The molecule has 32 heavy (non-hydrogen) atoms. The predicted molar refractivity (Wildman–Crippen MR) is 137 cm³/mol. The summed E-state index contributed by atoms with van der Waals surface area (Å²) in [4.78, 5) is 31.6. The van der Waals surface area contributed by atoms with Crippen LogP contribution in [0.15, 0.2) is 4.99 Å². The lowest BCUT2D eigenvalue weighted by Gasteiger charge is -2.32. The number of carbonyl (C=O) groups excluding carboxylic acids is 2. The van der Waals surface area contributed by atoms with Crippen LogP contribution in [0.2, 0.25) is 0 Å². The molecule has 0 aromatic carbocycles. The Morgan fingerprint density at radius 3 is 2.31 bits per heavy atom. The van der Waals surface area contributed by atoms with E-state index in [9.17, 15) is 9.59 Å². The summed E-state index contributed by atoms with van der Waals surface area (Å²) in [5, 5.41) is 6.73. The second-order valence-corrected chi connectivity index (χ2v) is 8.47. The number of rotatable bonds is 8. The number of likely N-dealkylation sites (N-methyl/N-ethyl adjacent to an activating group) is 1. The zero-order valence-corrected chi connectivity index (χ0v) is 22.3. The van der Waals surface area contributed by atoms with Crippen molar-refractivity contribution in [1.29, 1.82) is 0 Å². The lowest BCUT2D eigenvalue weighted by Crippen LogP contribution is -2.50. The first-order chi connectivity index (χ1) is 15.0. The molecule has 0 spiro atoms. The molecule has 0 unspecified atom stereocenters. The molecule has 2 N–H and O–H groups in total. The average Bonchev–Trinajstić information content (AvgIpc) is 3.04. The number of nitrogens with one attached hydrogen (secondary N) is 2. The number of hydrogen-bond acceptors (Lipinski definition) is 5. The van der Waals surface area contributed by atoms with Crippen LogP contribution in [-0.2, 0) is 14.3 Å². The highest BCUT2D eigenvalue weighted by Gasteiger charge is 2.24. The second kappa shape index (κ2) is 16.3. The van der Waals surface area contributed by atoms with Crippen molar-refractivity contribution < 1.29 is 19.1 Å². The fraction of sp³-hybridized carbons (Fsp3) is 0.864. The van der Waals surface area contributed by atoms with Crippen LogP contribution in [0, 0.1) is 0 Å². The number of nitrogens with zero attached hydrogens (tertiary/aromatic N) is 3. The summed E-state index contributed by atoms with van der Waals surface area (Å²) in [7, 11) is 3.45. The molecule has 2 rings (SSSR count). The molecule has 0 atom stereocenters. The van der Waals surface area contributed by atoms with Gasteiger partial charge in [0.25, 0.3) is 0 Å². The Kier molecular flexibility index (Phi) is 14.7. The number of ether oxygens (including phenoxy) is 2. The lowest BCUT2D eigenvalue weighted by atomic mass is 10.1. The molecule has 9 nitrogen and oxygen atoms in total. The first kappa shape index (κ1) is 28.7. The molecule has 1 aliphatic carbocycles. The quantitative estimate of drug-likeness (QED) is 0.154. The average molecular weight is 568 g/mol. The molecule has 1 heterocycles. The van der Waals surface area contributed by atoms with E-state index < -0.39 is 0 Å². The van der Waals surface area contributed by atoms with E-state index in [-0.39, 0.29) is 48.6 Å². The Hall–Kier alpha value is -1.30. The van der Waals surface area contributed by atoms with E-state index in [4.69, 9.17) is 9.47 Å². The largest absolute Gasteiger partial charge is 0.450 e. The number of amides is 2. The minimum absolute atomic E-state index is 0. The number of halogens is 1. The maximum absolute atomic E-state index is 12.0. The zero-order valence-electron chi connectivity index (χ0n) is 19.9. The normalized spacial score (nSPS) is 18.3. The van der Waals surface area contributed by atoms with Gasteiger partial charge in [-0.05, 0) is 32.6 Å². The molecule has 0 bridgehead atoms. The van der Waals surface area contributed by atoms with Crippen LogP contribution in [0.3, 0.4) is 0 Å². The fourth-order valence-electron chi connectivity index (χ4n) is 3.86. The van der Waals surface area contributed by atoms with E-state index in [0.717, 1.165) is 25.7 Å². The fourth-order valence-corrected chi connectivity index (χ4v) is 3.86. The van der Waals surface area contributed by atoms with Crippen LogP contribution in [-0.4, -0.2) is 93.4 Å². The van der Waals surface area contributed by atoms with Crippen molar-refractivity contribution in [2.75, 3.05) is 53.5 Å². The van der Waals surface area contributed by atoms with Crippen molar-refractivity contribution in [1.82, 2.24) is 20.4 Å². The molecule has 2 amide bonds. The maximum Gasteiger partial charge on any atom is 0.409 e. The highest BCUT2D eigenvalue weighted by atomic mass is 127. The topological polar surface area (TPSA) is 95.5 Å². The van der Waals surface area contributed by atoms with Gasteiger partial charge in [-0.1, -0.05) is 25.7 Å². The van der Waals surface area contributed by atoms with Crippen molar-refractivity contribution in [3.63, 3.8) is 0 Å². The number of piperidine rings is 1. The minimum Gasteiger partial charge on any atom is -0.450 e. The summed E-state index contributed by atoms with van der Waals surface area (Å²) in [6.45, 7) is 4.84. The molecule has 0 aromatic heterocycles. The molecule has 2 aliphatic rings. The highest BCUT2D eigenvalue weighted by molar-refractivity contribution is 14.0. The van der Waals surface area contributed by atoms with E-state index in [2.05, 4.69) is 15.6 Å². The van der Waals surface area contributed by atoms with Gasteiger partial charge >= 0.3 is 6.09 Å². The van der Waals surface area contributed by atoms with E-state index in [1.54, 1.807) is 19.0 Å². The number of likely N-dealkylation sites (tertiary alicyclic amines) is 1. The number of carbonyl (C=O) groups is 2. The van der Waals surface area contributed by atoms with E-state index in [1.165, 1.54) is 30.6 Å². The van der Waals surface area contributed by atoms with E-state index in [1.807, 2.05) is 6.92 Å². The summed E-state index contributed by atoms with van der Waals surface area (Å²) in [6.07, 6.45) is 9.15. The highest BCUT2D eigenvalue weighted by Crippen LogP contribution is 2.19. The Bertz CT molecular complexity index is 575.